The molecule has 1 heterocycles. The number of hydrogen-bond donors (Lipinski definition) is 0. The zero-order chi connectivity index (χ0) is 10.8. The second kappa shape index (κ2) is 4.03. The van der Waals surface area contributed by atoms with Gasteiger partial charge in [-0.1, -0.05) is 0 Å². The second-order valence-electron chi connectivity index (χ2n) is 3.11. The van der Waals surface area contributed by atoms with Crippen molar-refractivity contribution in [2.75, 3.05) is 0 Å². The summed E-state index contributed by atoms with van der Waals surface area (Å²) < 4.78 is 15.3. The zero-order valence-electron chi connectivity index (χ0n) is 7.85. The van der Waals surface area contributed by atoms with Gasteiger partial charge in [0.15, 0.2) is 0 Å². The first-order valence-corrected chi connectivity index (χ1v) is 5.63. The molecule has 0 N–H and O–H groups in total. The van der Waals surface area contributed by atoms with E-state index in [0.717, 1.165) is 0 Å². The van der Waals surface area contributed by atoms with E-state index in [1.54, 1.807) is 30.5 Å². The van der Waals surface area contributed by atoms with Crippen LogP contribution in [-0.4, -0.2) is 21.4 Å². The van der Waals surface area contributed by atoms with E-state index in [1.807, 2.05) is 0 Å². The van der Waals surface area contributed by atoms with E-state index < -0.39 is 0 Å². The van der Waals surface area contributed by atoms with Crippen LogP contribution in [0.5, 0.6) is 0 Å². The average molecular weight is 265 g/mol. The van der Waals surface area contributed by atoms with Crippen LogP contribution in [-0.2, 0) is 0 Å². The van der Waals surface area contributed by atoms with Crippen molar-refractivity contribution in [3.05, 3.63) is 58.8 Å². The SMILES string of the molecule is O=c1ccccn1-c1ccc([AsH2])c(F)c1. The predicted octanol–water partition coefficient (Wildman–Crippen LogP) is 0.235. The van der Waals surface area contributed by atoms with Crippen molar-refractivity contribution in [1.82, 2.24) is 4.57 Å². The molecule has 1 aromatic heterocycles. The number of hydrogen-bond acceptors (Lipinski definition) is 1. The van der Waals surface area contributed by atoms with Gasteiger partial charge < -0.3 is 0 Å². The summed E-state index contributed by atoms with van der Waals surface area (Å²) >= 11 is 1.23. The van der Waals surface area contributed by atoms with Crippen LogP contribution >= 0.6 is 0 Å². The van der Waals surface area contributed by atoms with Crippen molar-refractivity contribution in [2.45, 2.75) is 0 Å². The minimum atomic E-state index is -0.275. The Labute approximate surface area is 94.9 Å². The third kappa shape index (κ3) is 2.02. The molecule has 2 nitrogen and oxygen atoms in total. The number of halogens is 1. The minimum absolute atomic E-state index is 0.161. The van der Waals surface area contributed by atoms with E-state index in [4.69, 9.17) is 0 Å². The fourth-order valence-corrected chi connectivity index (χ4v) is 1.68. The number of benzene rings is 1. The van der Waals surface area contributed by atoms with E-state index >= 15 is 0 Å². The molecule has 4 heteroatoms. The van der Waals surface area contributed by atoms with Crippen LogP contribution < -0.4 is 9.91 Å². The molecule has 2 rings (SSSR count). The van der Waals surface area contributed by atoms with Gasteiger partial charge in [-0.2, -0.15) is 0 Å². The van der Waals surface area contributed by atoms with E-state index in [-0.39, 0.29) is 11.4 Å². The van der Waals surface area contributed by atoms with Gasteiger partial charge in [0.2, 0.25) is 0 Å². The number of aromatic nitrogens is 1. The van der Waals surface area contributed by atoms with Crippen molar-refractivity contribution >= 4 is 21.2 Å². The summed E-state index contributed by atoms with van der Waals surface area (Å²) in [6.07, 6.45) is 1.62. The normalized spacial score (nSPS) is 10.3. The first-order chi connectivity index (χ1) is 7.18. The number of rotatable bonds is 1. The molecule has 15 heavy (non-hydrogen) atoms. The van der Waals surface area contributed by atoms with Gasteiger partial charge in [0.05, 0.1) is 0 Å². The molecule has 0 aliphatic carbocycles. The summed E-state index contributed by atoms with van der Waals surface area (Å²) in [6.45, 7) is 0. The first kappa shape index (κ1) is 10.2. The molecule has 0 radical (unpaired) electrons. The summed E-state index contributed by atoms with van der Waals surface area (Å²) in [4.78, 5) is 11.5. The molecular weight excluding hydrogens is 256 g/mol. The molecule has 1 unspecified atom stereocenters. The van der Waals surface area contributed by atoms with Gasteiger partial charge >= 0.3 is 94.6 Å². The summed E-state index contributed by atoms with van der Waals surface area (Å²) in [6, 6.07) is 9.64. The maximum atomic E-state index is 13.3. The van der Waals surface area contributed by atoms with Crippen molar-refractivity contribution in [3.63, 3.8) is 0 Å². The topological polar surface area (TPSA) is 22.0 Å². The third-order valence-corrected chi connectivity index (χ3v) is 3.07. The Balaban J connectivity index is 2.60. The summed E-state index contributed by atoms with van der Waals surface area (Å²) in [5, 5.41) is 0. The van der Waals surface area contributed by atoms with Gasteiger partial charge in [-0.25, -0.2) is 0 Å². The van der Waals surface area contributed by atoms with E-state index in [1.165, 1.54) is 33.6 Å². The molecule has 0 saturated heterocycles. The molecule has 76 valence electrons. The van der Waals surface area contributed by atoms with Crippen LogP contribution in [0.3, 0.4) is 0 Å². The van der Waals surface area contributed by atoms with Crippen molar-refractivity contribution < 1.29 is 4.39 Å². The zero-order valence-corrected chi connectivity index (χ0v) is 10.3. The molecule has 0 aliphatic heterocycles. The van der Waals surface area contributed by atoms with Gasteiger partial charge in [-0.05, 0) is 0 Å². The second-order valence-corrected chi connectivity index (χ2v) is 4.42. The Morgan fingerprint density at radius 3 is 2.67 bits per heavy atom. The van der Waals surface area contributed by atoms with Gasteiger partial charge in [-0.3, -0.25) is 0 Å². The van der Waals surface area contributed by atoms with Crippen LogP contribution in [0.25, 0.3) is 5.69 Å². The average Bonchev–Trinajstić information content (AvgIpc) is 2.23. The Kier molecular flexibility index (Phi) is 2.74. The van der Waals surface area contributed by atoms with Gasteiger partial charge in [0.1, 0.15) is 0 Å². The van der Waals surface area contributed by atoms with Gasteiger partial charge in [0, 0.05) is 0 Å². The predicted molar refractivity (Wildman–Crippen MR) is 60.2 cm³/mol. The number of nitrogens with zero attached hydrogens (tertiary/aromatic N) is 1. The Bertz CT molecular complexity index is 550. The van der Waals surface area contributed by atoms with Crippen LogP contribution in [0.1, 0.15) is 0 Å². The molecule has 0 aliphatic rings. The van der Waals surface area contributed by atoms with Gasteiger partial charge in [0.25, 0.3) is 0 Å². The van der Waals surface area contributed by atoms with Crippen LogP contribution in [0, 0.1) is 5.82 Å². The van der Waals surface area contributed by atoms with E-state index in [9.17, 15) is 9.18 Å². The fraction of sp³-hybridized carbons (Fsp3) is 0. The standard InChI is InChI=1S/C11H9AsFNO/c12-9-5-4-8(7-10(9)13)14-6-2-1-3-11(14)15/h1-7H,12H2. The summed E-state index contributed by atoms with van der Waals surface area (Å²) in [5.41, 5.74) is 0.394. The Morgan fingerprint density at radius 1 is 1.20 bits per heavy atom. The van der Waals surface area contributed by atoms with Gasteiger partial charge in [-0.15, -0.1) is 0 Å². The molecule has 1 aromatic carbocycles. The molecule has 0 amide bonds. The Morgan fingerprint density at radius 2 is 2.00 bits per heavy atom. The third-order valence-electron chi connectivity index (χ3n) is 2.08. The van der Waals surface area contributed by atoms with Crippen LogP contribution in [0.15, 0.2) is 47.4 Å². The molecule has 0 bridgehead atoms. The molecule has 0 spiro atoms. The van der Waals surface area contributed by atoms with Crippen molar-refractivity contribution in [1.29, 1.82) is 0 Å². The van der Waals surface area contributed by atoms with Crippen molar-refractivity contribution in [3.8, 4) is 5.69 Å². The molecule has 0 fully saturated rings. The molecule has 1 atom stereocenters. The van der Waals surface area contributed by atoms with Crippen LogP contribution in [0.2, 0.25) is 0 Å². The molecular formula is C11H9AsFNO. The van der Waals surface area contributed by atoms with Crippen LogP contribution in [0.4, 0.5) is 4.39 Å². The molecule has 2 aromatic rings. The quantitative estimate of drug-likeness (QED) is 0.677. The maximum absolute atomic E-state index is 13.3. The fourth-order valence-electron chi connectivity index (χ4n) is 1.31. The summed E-state index contributed by atoms with van der Waals surface area (Å²) in [7, 11) is 0. The van der Waals surface area contributed by atoms with E-state index in [0.29, 0.717) is 10.0 Å². The molecule has 0 saturated carbocycles. The van der Waals surface area contributed by atoms with E-state index in [2.05, 4.69) is 0 Å². The Hall–Kier alpha value is -1.34. The first-order valence-electron chi connectivity index (χ1n) is 4.41. The van der Waals surface area contributed by atoms with Crippen molar-refractivity contribution in [2.24, 2.45) is 0 Å². The summed E-state index contributed by atoms with van der Waals surface area (Å²) in [5.74, 6) is -0.275. The number of pyridine rings is 1. The monoisotopic (exact) mass is 265 g/mol.